The maximum atomic E-state index is 6.64. The van der Waals surface area contributed by atoms with Gasteiger partial charge in [-0.3, -0.25) is 0 Å². The summed E-state index contributed by atoms with van der Waals surface area (Å²) in [5, 5.41) is 4.73. The minimum absolute atomic E-state index is 0.0413. The molecule has 1 heterocycles. The SMILES string of the molecule is c1ccc(C2(c3ccccc3)c3ccccc3C3(c4ccc(N(c5cccc(-c6cccc7c6oc6ccccc67)c5)c5cccc6ccccc56)cc42)C2CC4CC(C2)CC3C4)cc1. The molecule has 15 rings (SSSR count). The molecule has 312 valence electrons. The van der Waals surface area contributed by atoms with Gasteiger partial charge in [-0.15, -0.1) is 0 Å². The van der Waals surface area contributed by atoms with Gasteiger partial charge in [0.2, 0.25) is 0 Å². The van der Waals surface area contributed by atoms with Crippen molar-refractivity contribution >= 4 is 49.8 Å². The summed E-state index contributed by atoms with van der Waals surface area (Å²) < 4.78 is 6.64. The number of rotatable bonds is 6. The lowest BCUT2D eigenvalue weighted by Gasteiger charge is -2.65. The van der Waals surface area contributed by atoms with Gasteiger partial charge in [-0.2, -0.15) is 0 Å². The molecular formula is C63H49NO. The van der Waals surface area contributed by atoms with Gasteiger partial charge in [0.25, 0.3) is 0 Å². The minimum Gasteiger partial charge on any atom is -0.455 e. The smallest absolute Gasteiger partial charge is 0.143 e. The zero-order valence-corrected chi connectivity index (χ0v) is 36.4. The predicted octanol–water partition coefficient (Wildman–Crippen LogP) is 16.3. The maximum Gasteiger partial charge on any atom is 0.143 e. The summed E-state index contributed by atoms with van der Waals surface area (Å²) >= 11 is 0. The standard InChI is InChI=1S/C63H49NO/c1-3-19-45(20-4-1)62(46-21-5-2-6-22-46)55-28-10-11-29-56(55)63(47-35-41-34-42(37-47)38-48(63)36-41)57-33-32-50(40-58(57)62)64(59-30-14-17-43-16-7-8-24-51(43)59)49-23-13-18-44(39-49)52-26-15-27-54-53-25-9-12-31-60(53)65-61(52)54/h1-33,39-42,47-48H,34-38H2. The van der Waals surface area contributed by atoms with Crippen molar-refractivity contribution in [3.8, 4) is 11.1 Å². The summed E-state index contributed by atoms with van der Waals surface area (Å²) in [7, 11) is 0. The number of para-hydroxylation sites is 2. The Hall–Kier alpha value is -7.16. The first-order chi connectivity index (χ1) is 32.2. The van der Waals surface area contributed by atoms with Crippen LogP contribution in [-0.4, -0.2) is 0 Å². The fourth-order valence-corrected chi connectivity index (χ4v) is 14.4. The van der Waals surface area contributed by atoms with E-state index < -0.39 is 5.41 Å². The van der Waals surface area contributed by atoms with Crippen molar-refractivity contribution in [3.05, 3.63) is 246 Å². The van der Waals surface area contributed by atoms with Gasteiger partial charge >= 0.3 is 0 Å². The molecule has 2 nitrogen and oxygen atoms in total. The van der Waals surface area contributed by atoms with E-state index in [9.17, 15) is 0 Å². The van der Waals surface area contributed by atoms with Crippen LogP contribution in [0.4, 0.5) is 17.1 Å². The Kier molecular flexibility index (Phi) is 8.12. The van der Waals surface area contributed by atoms with Crippen LogP contribution in [0.2, 0.25) is 0 Å². The highest BCUT2D eigenvalue weighted by molar-refractivity contribution is 6.10. The largest absolute Gasteiger partial charge is 0.455 e. The molecule has 0 N–H and O–H groups in total. The van der Waals surface area contributed by atoms with E-state index >= 15 is 0 Å². The van der Waals surface area contributed by atoms with Crippen molar-refractivity contribution in [2.75, 3.05) is 4.90 Å². The highest BCUT2D eigenvalue weighted by atomic mass is 16.3. The molecule has 0 saturated heterocycles. The van der Waals surface area contributed by atoms with E-state index in [-0.39, 0.29) is 5.41 Å². The number of furan rings is 1. The average Bonchev–Trinajstić information content (AvgIpc) is 3.75. The van der Waals surface area contributed by atoms with E-state index in [4.69, 9.17) is 4.42 Å². The van der Waals surface area contributed by atoms with Crippen LogP contribution >= 0.6 is 0 Å². The van der Waals surface area contributed by atoms with Crippen LogP contribution in [0.1, 0.15) is 65.5 Å². The summed E-state index contributed by atoms with van der Waals surface area (Å²) in [6, 6.07) is 80.0. The lowest BCUT2D eigenvalue weighted by Crippen LogP contribution is -2.59. The Morgan fingerprint density at radius 2 is 1.00 bits per heavy atom. The second kappa shape index (κ2) is 14.2. The second-order valence-corrected chi connectivity index (χ2v) is 19.6. The first kappa shape index (κ1) is 37.2. The first-order valence-electron chi connectivity index (χ1n) is 23.8. The molecule has 0 radical (unpaired) electrons. The molecule has 2 heteroatoms. The van der Waals surface area contributed by atoms with Gasteiger partial charge in [0, 0.05) is 38.5 Å². The summed E-state index contributed by atoms with van der Waals surface area (Å²) in [5.41, 5.74) is 15.5. The van der Waals surface area contributed by atoms with Crippen LogP contribution in [0.5, 0.6) is 0 Å². The van der Waals surface area contributed by atoms with Crippen molar-refractivity contribution in [2.24, 2.45) is 23.7 Å². The first-order valence-corrected chi connectivity index (χ1v) is 23.8. The van der Waals surface area contributed by atoms with Crippen molar-refractivity contribution in [3.63, 3.8) is 0 Å². The van der Waals surface area contributed by atoms with E-state index in [0.29, 0.717) is 11.8 Å². The summed E-state index contributed by atoms with van der Waals surface area (Å²) in [5.74, 6) is 2.96. The topological polar surface area (TPSA) is 16.4 Å². The van der Waals surface area contributed by atoms with Gasteiger partial charge in [0.05, 0.1) is 11.1 Å². The van der Waals surface area contributed by atoms with Crippen molar-refractivity contribution in [1.82, 2.24) is 0 Å². The number of hydrogen-bond acceptors (Lipinski definition) is 2. The van der Waals surface area contributed by atoms with Gasteiger partial charge < -0.3 is 9.32 Å². The molecule has 9 aromatic carbocycles. The van der Waals surface area contributed by atoms with E-state index in [1.807, 2.05) is 0 Å². The fraction of sp³-hybridized carbons (Fsp3) is 0.175. The zero-order chi connectivity index (χ0) is 42.7. The highest BCUT2D eigenvalue weighted by Gasteiger charge is 2.63. The van der Waals surface area contributed by atoms with Crippen LogP contribution in [-0.2, 0) is 10.8 Å². The Bertz CT molecular complexity index is 3400. The number of fused-ring (bicyclic) bond motifs is 6. The predicted molar refractivity (Wildman–Crippen MR) is 267 cm³/mol. The molecule has 5 aliphatic carbocycles. The van der Waals surface area contributed by atoms with Gasteiger partial charge in [-0.05, 0) is 137 Å². The Balaban J connectivity index is 1.07. The number of hydrogen-bond donors (Lipinski definition) is 0. The molecule has 1 spiro atoms. The lowest BCUT2D eigenvalue weighted by atomic mass is 9.38. The molecule has 5 aliphatic rings. The van der Waals surface area contributed by atoms with Crippen molar-refractivity contribution < 1.29 is 4.42 Å². The van der Waals surface area contributed by atoms with Gasteiger partial charge in [0.15, 0.2) is 0 Å². The van der Waals surface area contributed by atoms with Crippen molar-refractivity contribution in [1.29, 1.82) is 0 Å². The van der Waals surface area contributed by atoms with Gasteiger partial charge in [-0.25, -0.2) is 0 Å². The number of anilines is 3. The van der Waals surface area contributed by atoms with Crippen molar-refractivity contribution in [2.45, 2.75) is 42.9 Å². The molecule has 0 aliphatic heterocycles. The monoisotopic (exact) mass is 835 g/mol. The molecular weight excluding hydrogens is 787 g/mol. The molecule has 65 heavy (non-hydrogen) atoms. The quantitative estimate of drug-likeness (QED) is 0.166. The molecule has 10 aromatic rings. The van der Waals surface area contributed by atoms with Crippen LogP contribution < -0.4 is 4.90 Å². The Morgan fingerprint density at radius 3 is 1.77 bits per heavy atom. The summed E-state index contributed by atoms with van der Waals surface area (Å²) in [6.07, 6.45) is 6.76. The summed E-state index contributed by atoms with van der Waals surface area (Å²) in [6.45, 7) is 0. The normalized spacial score (nSPS) is 22.3. The van der Waals surface area contributed by atoms with Crippen LogP contribution in [0.3, 0.4) is 0 Å². The maximum absolute atomic E-state index is 6.64. The molecule has 4 fully saturated rings. The Morgan fingerprint density at radius 1 is 0.415 bits per heavy atom. The van der Waals surface area contributed by atoms with Crippen LogP contribution in [0.15, 0.2) is 217 Å². The lowest BCUT2D eigenvalue weighted by molar-refractivity contribution is -0.0440. The van der Waals surface area contributed by atoms with Gasteiger partial charge in [-0.1, -0.05) is 176 Å². The Labute approximate surface area is 380 Å². The van der Waals surface area contributed by atoms with Crippen LogP contribution in [0.25, 0.3) is 43.8 Å². The summed E-state index contributed by atoms with van der Waals surface area (Å²) in [4.78, 5) is 2.54. The molecule has 0 atom stereocenters. The third-order valence-electron chi connectivity index (χ3n) is 16.6. The van der Waals surface area contributed by atoms with Crippen LogP contribution in [0, 0.1) is 23.7 Å². The molecule has 4 saturated carbocycles. The average molecular weight is 836 g/mol. The third kappa shape index (κ3) is 5.23. The van der Waals surface area contributed by atoms with E-state index in [0.717, 1.165) is 62.0 Å². The molecule has 1 aromatic heterocycles. The third-order valence-corrected chi connectivity index (χ3v) is 16.6. The van der Waals surface area contributed by atoms with E-state index in [2.05, 4.69) is 217 Å². The van der Waals surface area contributed by atoms with E-state index in [1.54, 1.807) is 11.1 Å². The molecule has 4 bridgehead atoms. The second-order valence-electron chi connectivity index (χ2n) is 19.6. The minimum atomic E-state index is -0.548. The molecule has 0 unspecified atom stereocenters. The van der Waals surface area contributed by atoms with Gasteiger partial charge in [0.1, 0.15) is 11.2 Å². The van der Waals surface area contributed by atoms with E-state index in [1.165, 1.54) is 65.1 Å². The zero-order valence-electron chi connectivity index (χ0n) is 36.4. The number of nitrogens with zero attached hydrogens (tertiary/aromatic N) is 1. The highest BCUT2D eigenvalue weighted by Crippen LogP contribution is 2.70. The fourth-order valence-electron chi connectivity index (χ4n) is 14.4. The molecule has 0 amide bonds. The number of benzene rings is 9.